The molecule has 3 heteroatoms. The molecule has 2 saturated heterocycles. The smallest absolute Gasteiger partial charge is 0.0162 e. The Hall–Kier alpha value is -0.120. The zero-order valence-electron chi connectivity index (χ0n) is 9.21. The van der Waals surface area contributed by atoms with Gasteiger partial charge in [0.1, 0.15) is 0 Å². The van der Waals surface area contributed by atoms with Crippen molar-refractivity contribution in [2.24, 2.45) is 17.6 Å². The molecule has 2 heterocycles. The topological polar surface area (TPSA) is 41.3 Å². The van der Waals surface area contributed by atoms with Gasteiger partial charge in [-0.2, -0.15) is 0 Å². The molecule has 14 heavy (non-hydrogen) atoms. The normalized spacial score (nSPS) is 36.4. The van der Waals surface area contributed by atoms with Crippen LogP contribution in [0.5, 0.6) is 0 Å². The van der Waals surface area contributed by atoms with E-state index in [-0.39, 0.29) is 0 Å². The molecule has 3 N–H and O–H groups in total. The van der Waals surface area contributed by atoms with Crippen molar-refractivity contribution in [3.8, 4) is 0 Å². The number of likely N-dealkylation sites (tertiary alicyclic amines) is 1. The molecule has 0 amide bonds. The van der Waals surface area contributed by atoms with Gasteiger partial charge in [-0.15, -0.1) is 0 Å². The van der Waals surface area contributed by atoms with Gasteiger partial charge < -0.3 is 16.0 Å². The summed E-state index contributed by atoms with van der Waals surface area (Å²) >= 11 is 0. The number of rotatable bonds is 2. The highest BCUT2D eigenvalue weighted by Gasteiger charge is 2.36. The van der Waals surface area contributed by atoms with Gasteiger partial charge in [-0.3, -0.25) is 0 Å². The van der Waals surface area contributed by atoms with Gasteiger partial charge >= 0.3 is 0 Å². The van der Waals surface area contributed by atoms with Crippen molar-refractivity contribution in [3.05, 3.63) is 0 Å². The molecular weight excluding hydrogens is 174 g/mol. The predicted molar refractivity (Wildman–Crippen MR) is 59.2 cm³/mol. The summed E-state index contributed by atoms with van der Waals surface area (Å²) in [5.41, 5.74) is 5.85. The van der Waals surface area contributed by atoms with Gasteiger partial charge in [0, 0.05) is 6.04 Å². The molecule has 0 radical (unpaired) electrons. The third-order valence-electron chi connectivity index (χ3n) is 4.01. The Morgan fingerprint density at radius 1 is 1.29 bits per heavy atom. The molecule has 3 nitrogen and oxygen atoms in total. The Labute approximate surface area is 87.0 Å². The van der Waals surface area contributed by atoms with E-state index >= 15 is 0 Å². The van der Waals surface area contributed by atoms with Crippen molar-refractivity contribution in [2.75, 3.05) is 33.2 Å². The largest absolute Gasteiger partial charge is 0.330 e. The van der Waals surface area contributed by atoms with Crippen LogP contribution in [0.25, 0.3) is 0 Å². The van der Waals surface area contributed by atoms with Crippen molar-refractivity contribution in [1.29, 1.82) is 0 Å². The molecule has 2 unspecified atom stereocenters. The number of nitrogens with two attached hydrogens (primary N) is 1. The fourth-order valence-corrected chi connectivity index (χ4v) is 3.24. The fourth-order valence-electron chi connectivity index (χ4n) is 3.24. The van der Waals surface area contributed by atoms with E-state index in [1.165, 1.54) is 38.9 Å². The monoisotopic (exact) mass is 197 g/mol. The Kier molecular flexibility index (Phi) is 3.42. The van der Waals surface area contributed by atoms with E-state index in [4.69, 9.17) is 5.73 Å². The summed E-state index contributed by atoms with van der Waals surface area (Å²) in [7, 11) is 2.27. The second-order valence-corrected chi connectivity index (χ2v) is 4.84. The van der Waals surface area contributed by atoms with Crippen molar-refractivity contribution < 1.29 is 0 Å². The third-order valence-corrected chi connectivity index (χ3v) is 4.01. The molecule has 0 aromatic heterocycles. The standard InChI is InChI=1S/C11H23N3/c1-14-7-4-10(8-12)11(14)9-2-5-13-6-3-9/h9-11,13H,2-8,12H2,1H3. The molecular formula is C11H23N3. The minimum absolute atomic E-state index is 0.753. The Morgan fingerprint density at radius 2 is 2.00 bits per heavy atom. The molecule has 2 aliphatic rings. The Morgan fingerprint density at radius 3 is 2.64 bits per heavy atom. The number of nitrogens with zero attached hydrogens (tertiary/aromatic N) is 1. The van der Waals surface area contributed by atoms with Crippen LogP contribution in [0.4, 0.5) is 0 Å². The summed E-state index contributed by atoms with van der Waals surface area (Å²) in [5, 5.41) is 3.44. The van der Waals surface area contributed by atoms with Crippen LogP contribution in [0.2, 0.25) is 0 Å². The van der Waals surface area contributed by atoms with E-state index in [0.717, 1.165) is 24.4 Å². The lowest BCUT2D eigenvalue weighted by atomic mass is 9.83. The summed E-state index contributed by atoms with van der Waals surface area (Å²) in [6, 6.07) is 0.766. The second kappa shape index (κ2) is 4.60. The van der Waals surface area contributed by atoms with Crippen LogP contribution in [0.15, 0.2) is 0 Å². The highest BCUT2D eigenvalue weighted by molar-refractivity contribution is 4.92. The van der Waals surface area contributed by atoms with Gasteiger partial charge in [-0.25, -0.2) is 0 Å². The molecule has 0 aromatic carbocycles. The Balaban J connectivity index is 1.98. The molecule has 2 fully saturated rings. The van der Waals surface area contributed by atoms with Crippen LogP contribution in [-0.4, -0.2) is 44.2 Å². The molecule has 0 aliphatic carbocycles. The summed E-state index contributed by atoms with van der Waals surface area (Å²) in [6.07, 6.45) is 3.98. The highest BCUT2D eigenvalue weighted by Crippen LogP contribution is 2.32. The quantitative estimate of drug-likeness (QED) is 0.667. The van der Waals surface area contributed by atoms with E-state index in [1.54, 1.807) is 0 Å². The Bertz CT molecular complexity index is 177. The average Bonchev–Trinajstić information content (AvgIpc) is 2.61. The first-order valence-electron chi connectivity index (χ1n) is 5.94. The molecule has 0 aromatic rings. The van der Waals surface area contributed by atoms with Gasteiger partial charge in [0.15, 0.2) is 0 Å². The van der Waals surface area contributed by atoms with E-state index in [9.17, 15) is 0 Å². The molecule has 2 atom stereocenters. The van der Waals surface area contributed by atoms with Gasteiger partial charge in [0.2, 0.25) is 0 Å². The van der Waals surface area contributed by atoms with Crippen molar-refractivity contribution in [3.63, 3.8) is 0 Å². The SMILES string of the molecule is CN1CCC(CN)C1C1CCNCC1. The van der Waals surface area contributed by atoms with Crippen molar-refractivity contribution in [2.45, 2.75) is 25.3 Å². The van der Waals surface area contributed by atoms with E-state index in [1.807, 2.05) is 0 Å². The van der Waals surface area contributed by atoms with Gasteiger partial charge in [-0.05, 0) is 64.3 Å². The maximum absolute atomic E-state index is 5.85. The van der Waals surface area contributed by atoms with E-state index in [0.29, 0.717) is 0 Å². The highest BCUT2D eigenvalue weighted by atomic mass is 15.2. The first kappa shape index (κ1) is 10.4. The number of piperidine rings is 1. The first-order chi connectivity index (χ1) is 6.83. The fraction of sp³-hybridized carbons (Fsp3) is 1.00. The van der Waals surface area contributed by atoms with Crippen molar-refractivity contribution in [1.82, 2.24) is 10.2 Å². The minimum Gasteiger partial charge on any atom is -0.330 e. The lowest BCUT2D eigenvalue weighted by Crippen LogP contribution is -2.43. The van der Waals surface area contributed by atoms with Crippen LogP contribution in [0, 0.1) is 11.8 Å². The third kappa shape index (κ3) is 1.95. The molecule has 0 bridgehead atoms. The zero-order chi connectivity index (χ0) is 9.97. The number of nitrogens with one attached hydrogen (secondary N) is 1. The molecule has 82 valence electrons. The van der Waals surface area contributed by atoms with Gasteiger partial charge in [-0.1, -0.05) is 0 Å². The maximum atomic E-state index is 5.85. The number of hydrogen-bond acceptors (Lipinski definition) is 3. The lowest BCUT2D eigenvalue weighted by molar-refractivity contribution is 0.161. The zero-order valence-corrected chi connectivity index (χ0v) is 9.21. The van der Waals surface area contributed by atoms with Crippen LogP contribution in [0.3, 0.4) is 0 Å². The summed E-state index contributed by atoms with van der Waals surface area (Å²) in [4.78, 5) is 2.54. The maximum Gasteiger partial charge on any atom is 0.0162 e. The average molecular weight is 197 g/mol. The lowest BCUT2D eigenvalue weighted by Gasteiger charge is -2.35. The molecule has 0 saturated carbocycles. The van der Waals surface area contributed by atoms with Crippen LogP contribution >= 0.6 is 0 Å². The van der Waals surface area contributed by atoms with Gasteiger partial charge in [0.05, 0.1) is 0 Å². The van der Waals surface area contributed by atoms with E-state index in [2.05, 4.69) is 17.3 Å². The van der Waals surface area contributed by atoms with Crippen LogP contribution in [0.1, 0.15) is 19.3 Å². The molecule has 2 rings (SSSR count). The van der Waals surface area contributed by atoms with Crippen LogP contribution in [-0.2, 0) is 0 Å². The first-order valence-corrected chi connectivity index (χ1v) is 5.94. The molecule has 0 spiro atoms. The summed E-state index contributed by atoms with van der Waals surface area (Å²) in [6.45, 7) is 4.52. The number of hydrogen-bond donors (Lipinski definition) is 2. The van der Waals surface area contributed by atoms with Gasteiger partial charge in [0.25, 0.3) is 0 Å². The molecule has 2 aliphatic heterocycles. The van der Waals surface area contributed by atoms with Crippen LogP contribution < -0.4 is 11.1 Å². The second-order valence-electron chi connectivity index (χ2n) is 4.84. The summed E-state index contributed by atoms with van der Waals surface area (Å²) in [5.74, 6) is 1.64. The van der Waals surface area contributed by atoms with E-state index < -0.39 is 0 Å². The predicted octanol–water partition coefficient (Wildman–Crippen LogP) is 0.265. The summed E-state index contributed by atoms with van der Waals surface area (Å²) < 4.78 is 0. The van der Waals surface area contributed by atoms with Crippen molar-refractivity contribution >= 4 is 0 Å². The minimum atomic E-state index is 0.753.